The average molecular weight is 261 g/mol. The van der Waals surface area contributed by atoms with Gasteiger partial charge in [0, 0.05) is 0 Å². The molecule has 17 heavy (non-hydrogen) atoms. The van der Waals surface area contributed by atoms with Crippen LogP contribution in [-0.2, 0) is 4.74 Å². The van der Waals surface area contributed by atoms with Crippen LogP contribution in [0.2, 0.25) is 0 Å². The Morgan fingerprint density at radius 3 is 2.71 bits per heavy atom. The number of ether oxygens (including phenoxy) is 1. The first kappa shape index (κ1) is 13.9. The maximum absolute atomic E-state index is 11.5. The van der Waals surface area contributed by atoms with Crippen molar-refractivity contribution in [3.05, 3.63) is 23.5 Å². The minimum Gasteiger partial charge on any atom is -0.444 e. The van der Waals surface area contributed by atoms with E-state index in [9.17, 15) is 10.0 Å². The third kappa shape index (κ3) is 3.94. The van der Waals surface area contributed by atoms with Crippen LogP contribution >= 0.6 is 11.6 Å². The molecule has 1 unspecified atom stereocenters. The number of hydrogen-bond acceptors (Lipinski definition) is 4. The van der Waals surface area contributed by atoms with E-state index in [4.69, 9.17) is 16.3 Å². The highest BCUT2D eigenvalue weighted by atomic mass is 35.5. The normalized spacial score (nSPS) is 20.6. The third-order valence-electron chi connectivity index (χ3n) is 2.02. The van der Waals surface area contributed by atoms with Gasteiger partial charge < -0.3 is 4.74 Å². The number of allylic oxidation sites excluding steroid dienone is 2. The van der Waals surface area contributed by atoms with Gasteiger partial charge in [0.15, 0.2) is 0 Å². The molecule has 0 aromatic heterocycles. The van der Waals surface area contributed by atoms with Crippen LogP contribution in [-0.4, -0.2) is 27.5 Å². The highest BCUT2D eigenvalue weighted by Crippen LogP contribution is 2.20. The summed E-state index contributed by atoms with van der Waals surface area (Å²) < 4.78 is 5.10. The molecule has 0 radical (unpaired) electrons. The zero-order valence-corrected chi connectivity index (χ0v) is 11.1. The molecule has 0 fully saturated rings. The second-order valence-corrected chi connectivity index (χ2v) is 5.15. The third-order valence-corrected chi connectivity index (χ3v) is 2.35. The Hall–Kier alpha value is -1.20. The van der Waals surface area contributed by atoms with Crippen LogP contribution in [0.3, 0.4) is 0 Å². The van der Waals surface area contributed by atoms with Crippen molar-refractivity contribution in [1.29, 1.82) is 0 Å². The number of carbonyl (C=O) groups is 1. The molecule has 0 bridgehead atoms. The Morgan fingerprint density at radius 2 is 2.18 bits per heavy atom. The van der Waals surface area contributed by atoms with Gasteiger partial charge in [0.05, 0.1) is 11.4 Å². The second kappa shape index (κ2) is 4.98. The number of rotatable bonds is 1. The van der Waals surface area contributed by atoms with Crippen molar-refractivity contribution >= 4 is 17.7 Å². The molecule has 1 heterocycles. The molecular weight excluding hydrogens is 244 g/mol. The molecule has 1 aliphatic heterocycles. The number of hydroxylamine groups is 2. The molecule has 6 heteroatoms. The number of halogens is 1. The molecule has 0 aromatic rings. The number of amides is 1. The summed E-state index contributed by atoms with van der Waals surface area (Å²) in [6.45, 7) is 6.97. The van der Waals surface area contributed by atoms with Crippen molar-refractivity contribution in [3.8, 4) is 0 Å². The van der Waals surface area contributed by atoms with Gasteiger partial charge in [-0.2, -0.15) is 0 Å². The lowest BCUT2D eigenvalue weighted by atomic mass is 10.2. The lowest BCUT2D eigenvalue weighted by Crippen LogP contribution is -2.36. The minimum absolute atomic E-state index is 0.457. The highest BCUT2D eigenvalue weighted by Gasteiger charge is 2.22. The SMILES string of the molecule is CC1=C(NC(=O)OC(C)(C)C)C=CC(Cl)N1O. The molecule has 0 aromatic carbocycles. The van der Waals surface area contributed by atoms with E-state index in [2.05, 4.69) is 5.32 Å². The van der Waals surface area contributed by atoms with Crippen LogP contribution in [0.5, 0.6) is 0 Å². The van der Waals surface area contributed by atoms with Crippen molar-refractivity contribution in [2.24, 2.45) is 0 Å². The van der Waals surface area contributed by atoms with Crippen molar-refractivity contribution in [1.82, 2.24) is 10.4 Å². The van der Waals surface area contributed by atoms with Crippen molar-refractivity contribution in [3.63, 3.8) is 0 Å². The molecule has 5 nitrogen and oxygen atoms in total. The van der Waals surface area contributed by atoms with Gasteiger partial charge in [-0.3, -0.25) is 10.5 Å². The fourth-order valence-corrected chi connectivity index (χ4v) is 1.45. The number of nitrogens with one attached hydrogen (secondary N) is 1. The predicted molar refractivity (Wildman–Crippen MR) is 64.5 cm³/mol. The molecule has 0 aliphatic carbocycles. The summed E-state index contributed by atoms with van der Waals surface area (Å²) in [5.74, 6) is 0. The first-order valence-electron chi connectivity index (χ1n) is 5.22. The number of nitrogens with zero attached hydrogens (tertiary/aromatic N) is 1. The smallest absolute Gasteiger partial charge is 0.412 e. The van der Waals surface area contributed by atoms with Gasteiger partial charge in [0.25, 0.3) is 0 Å². The summed E-state index contributed by atoms with van der Waals surface area (Å²) >= 11 is 5.78. The maximum Gasteiger partial charge on any atom is 0.412 e. The van der Waals surface area contributed by atoms with E-state index in [0.717, 1.165) is 5.06 Å². The number of alkyl halides is 1. The van der Waals surface area contributed by atoms with Gasteiger partial charge in [0.1, 0.15) is 11.1 Å². The van der Waals surface area contributed by atoms with Gasteiger partial charge in [-0.05, 0) is 39.8 Å². The predicted octanol–water partition coefficient (Wildman–Crippen LogP) is 2.57. The number of alkyl carbamates (subject to hydrolysis) is 1. The largest absolute Gasteiger partial charge is 0.444 e. The molecule has 1 aliphatic rings. The first-order chi connectivity index (χ1) is 7.70. The first-order valence-corrected chi connectivity index (χ1v) is 5.65. The van der Waals surface area contributed by atoms with Gasteiger partial charge in [-0.1, -0.05) is 11.6 Å². The van der Waals surface area contributed by atoms with E-state index >= 15 is 0 Å². The Balaban J connectivity index is 2.70. The van der Waals surface area contributed by atoms with Crippen molar-refractivity contribution < 1.29 is 14.7 Å². The average Bonchev–Trinajstić information content (AvgIpc) is 2.16. The van der Waals surface area contributed by atoms with Gasteiger partial charge >= 0.3 is 6.09 Å². The summed E-state index contributed by atoms with van der Waals surface area (Å²) in [5.41, 5.74) is -0.276. The number of hydrogen-bond donors (Lipinski definition) is 2. The van der Waals surface area contributed by atoms with E-state index in [0.29, 0.717) is 11.4 Å². The Morgan fingerprint density at radius 1 is 1.59 bits per heavy atom. The number of carbonyl (C=O) groups excluding carboxylic acids is 1. The topological polar surface area (TPSA) is 61.8 Å². The summed E-state index contributed by atoms with van der Waals surface area (Å²) in [6.07, 6.45) is 2.61. The lowest BCUT2D eigenvalue weighted by molar-refractivity contribution is -0.0591. The van der Waals surface area contributed by atoms with Crippen LogP contribution in [0.15, 0.2) is 23.5 Å². The zero-order chi connectivity index (χ0) is 13.2. The van der Waals surface area contributed by atoms with Crippen LogP contribution in [0, 0.1) is 0 Å². The van der Waals surface area contributed by atoms with Crippen LogP contribution < -0.4 is 5.32 Å². The van der Waals surface area contributed by atoms with E-state index in [1.54, 1.807) is 39.8 Å². The fourth-order valence-electron chi connectivity index (χ4n) is 1.23. The lowest BCUT2D eigenvalue weighted by Gasteiger charge is -2.27. The highest BCUT2D eigenvalue weighted by molar-refractivity contribution is 6.21. The molecule has 0 saturated carbocycles. The quantitative estimate of drug-likeness (QED) is 0.562. The summed E-state index contributed by atoms with van der Waals surface area (Å²) in [7, 11) is 0. The molecule has 0 saturated heterocycles. The Kier molecular flexibility index (Phi) is 4.06. The fraction of sp³-hybridized carbons (Fsp3) is 0.545. The Labute approximate surface area is 106 Å². The van der Waals surface area contributed by atoms with E-state index in [1.165, 1.54) is 0 Å². The van der Waals surface area contributed by atoms with E-state index in [1.807, 2.05) is 0 Å². The summed E-state index contributed by atoms with van der Waals surface area (Å²) in [4.78, 5) is 11.5. The Bertz CT molecular complexity index is 371. The van der Waals surface area contributed by atoms with Crippen LogP contribution in [0.4, 0.5) is 4.79 Å². The second-order valence-electron chi connectivity index (χ2n) is 4.70. The molecule has 0 spiro atoms. The molecule has 96 valence electrons. The molecule has 1 rings (SSSR count). The van der Waals surface area contributed by atoms with Gasteiger partial charge in [-0.15, -0.1) is 0 Å². The summed E-state index contributed by atoms with van der Waals surface area (Å²) in [5, 5.41) is 13.0. The van der Waals surface area contributed by atoms with Crippen molar-refractivity contribution in [2.75, 3.05) is 0 Å². The maximum atomic E-state index is 11.5. The zero-order valence-electron chi connectivity index (χ0n) is 10.3. The monoisotopic (exact) mass is 260 g/mol. The summed E-state index contributed by atoms with van der Waals surface area (Å²) in [6, 6.07) is 0. The van der Waals surface area contributed by atoms with E-state index in [-0.39, 0.29) is 0 Å². The minimum atomic E-state index is -0.626. The van der Waals surface area contributed by atoms with Gasteiger partial charge in [0.2, 0.25) is 0 Å². The van der Waals surface area contributed by atoms with Crippen molar-refractivity contribution in [2.45, 2.75) is 38.8 Å². The standard InChI is InChI=1S/C11H17ClN2O3/c1-7-8(5-6-9(12)14(7)16)13-10(15)17-11(2,3)4/h5-6,9,16H,1-4H3,(H,13,15). The van der Waals surface area contributed by atoms with E-state index < -0.39 is 17.2 Å². The van der Waals surface area contributed by atoms with Gasteiger partial charge in [-0.25, -0.2) is 9.86 Å². The molecule has 1 amide bonds. The van der Waals surface area contributed by atoms with Crippen LogP contribution in [0.25, 0.3) is 0 Å². The molecular formula is C11H17ClN2O3. The van der Waals surface area contributed by atoms with Crippen LogP contribution in [0.1, 0.15) is 27.7 Å². The molecule has 1 atom stereocenters. The molecule has 2 N–H and O–H groups in total.